The summed E-state index contributed by atoms with van der Waals surface area (Å²) < 4.78 is 28.9. The molecule has 4 aromatic carbocycles. The molecule has 6 rings (SSSR count). The lowest BCUT2D eigenvalue weighted by Crippen LogP contribution is -2.46. The number of sulfonamides is 1. The molecule has 0 atom stereocenters. The summed E-state index contributed by atoms with van der Waals surface area (Å²) in [5.74, 6) is -1.21. The van der Waals surface area contributed by atoms with Crippen LogP contribution in [0.5, 0.6) is 0 Å². The van der Waals surface area contributed by atoms with E-state index < -0.39 is 15.9 Å². The summed E-state index contributed by atoms with van der Waals surface area (Å²) in [6, 6.07) is 28.8. The van der Waals surface area contributed by atoms with Crippen LogP contribution < -0.4 is 20.3 Å². The number of amides is 2. The van der Waals surface area contributed by atoms with Gasteiger partial charge >= 0.3 is 0 Å². The number of carbonyl (C=O) groups is 3. The highest BCUT2D eigenvalue weighted by molar-refractivity contribution is 7.92. The fraction of sp³-hybridized carbons (Fsp3) is 0.289. The summed E-state index contributed by atoms with van der Waals surface area (Å²) in [5.41, 5.74) is 2.76. The van der Waals surface area contributed by atoms with E-state index in [1.54, 1.807) is 48.5 Å². The third-order valence-corrected chi connectivity index (χ3v) is 10.6. The van der Waals surface area contributed by atoms with Gasteiger partial charge in [0.2, 0.25) is 5.91 Å². The Bertz CT molecular complexity index is 1870. The van der Waals surface area contributed by atoms with Crippen LogP contribution in [-0.4, -0.2) is 69.7 Å². The Hall–Kier alpha value is -5.00. The van der Waals surface area contributed by atoms with E-state index in [2.05, 4.69) is 25.2 Å². The molecule has 3 N–H and O–H groups in total. The average Bonchev–Trinajstić information content (AvgIpc) is 3.15. The molecule has 2 aliphatic heterocycles. The van der Waals surface area contributed by atoms with Crippen LogP contribution in [0.25, 0.3) is 0 Å². The van der Waals surface area contributed by atoms with E-state index in [0.29, 0.717) is 17.3 Å². The van der Waals surface area contributed by atoms with E-state index in [0.717, 1.165) is 18.8 Å². The third-order valence-electron chi connectivity index (χ3n) is 9.18. The Morgan fingerprint density at radius 3 is 2.04 bits per heavy atom. The van der Waals surface area contributed by atoms with Gasteiger partial charge in [0, 0.05) is 47.2 Å². The first-order valence-corrected chi connectivity index (χ1v) is 18.2. The van der Waals surface area contributed by atoms with E-state index in [-0.39, 0.29) is 39.9 Å². The number of nitrogens with one attached hydrogen (secondary N) is 3. The molecule has 0 aliphatic carbocycles. The van der Waals surface area contributed by atoms with E-state index >= 15 is 0 Å². The Morgan fingerprint density at radius 2 is 1.35 bits per heavy atom. The van der Waals surface area contributed by atoms with Crippen molar-refractivity contribution in [2.75, 3.05) is 47.7 Å². The molecule has 49 heavy (non-hydrogen) atoms. The summed E-state index contributed by atoms with van der Waals surface area (Å²) in [6.45, 7) is 4.24. The van der Waals surface area contributed by atoms with Crippen molar-refractivity contribution in [3.05, 3.63) is 120 Å². The number of ketones is 1. The topological polar surface area (TPSA) is 128 Å². The van der Waals surface area contributed by atoms with Gasteiger partial charge in [-0.1, -0.05) is 48.9 Å². The van der Waals surface area contributed by atoms with Gasteiger partial charge in [0.1, 0.15) is 0 Å². The number of hydrogen-bond acceptors (Lipinski definition) is 7. The number of para-hydroxylation sites is 1. The fourth-order valence-corrected chi connectivity index (χ4v) is 7.58. The van der Waals surface area contributed by atoms with Crippen LogP contribution in [0, 0.1) is 0 Å². The zero-order valence-corrected chi connectivity index (χ0v) is 28.1. The summed E-state index contributed by atoms with van der Waals surface area (Å²) in [7, 11) is -4.08. The lowest BCUT2D eigenvalue weighted by Gasteiger charge is -2.41. The van der Waals surface area contributed by atoms with Gasteiger partial charge in [0.15, 0.2) is 5.78 Å². The molecule has 0 radical (unpaired) electrons. The lowest BCUT2D eigenvalue weighted by atomic mass is 9.99. The molecule has 254 valence electrons. The van der Waals surface area contributed by atoms with Crippen LogP contribution in [0.1, 0.15) is 58.4 Å². The predicted molar refractivity (Wildman–Crippen MR) is 192 cm³/mol. The summed E-state index contributed by atoms with van der Waals surface area (Å²) in [6.07, 6.45) is 6.31. The quantitative estimate of drug-likeness (QED) is 0.178. The smallest absolute Gasteiger partial charge is 0.261 e. The minimum absolute atomic E-state index is 0.0847. The number of hydrogen-bond donors (Lipinski definition) is 3. The second-order valence-electron chi connectivity index (χ2n) is 12.5. The van der Waals surface area contributed by atoms with Gasteiger partial charge in [0.25, 0.3) is 15.9 Å². The maximum Gasteiger partial charge on any atom is 0.261 e. The molecule has 2 saturated heterocycles. The van der Waals surface area contributed by atoms with Crippen LogP contribution in [0.2, 0.25) is 0 Å². The molecule has 0 unspecified atom stereocenters. The zero-order valence-electron chi connectivity index (χ0n) is 27.3. The van der Waals surface area contributed by atoms with Crippen LogP contribution in [0.3, 0.4) is 0 Å². The number of piperidine rings is 2. The molecule has 11 heteroatoms. The Balaban J connectivity index is 0.981. The number of nitrogens with zero attached hydrogens (tertiary/aromatic N) is 2. The maximum absolute atomic E-state index is 13.2. The normalized spacial score (nSPS) is 15.7. The van der Waals surface area contributed by atoms with Gasteiger partial charge < -0.3 is 20.4 Å². The van der Waals surface area contributed by atoms with Crippen LogP contribution >= 0.6 is 0 Å². The number of rotatable bonds is 11. The van der Waals surface area contributed by atoms with Crippen molar-refractivity contribution in [3.8, 4) is 0 Å². The molecule has 2 fully saturated rings. The number of anilines is 3. The Kier molecular flexibility index (Phi) is 10.7. The van der Waals surface area contributed by atoms with Gasteiger partial charge in [-0.3, -0.25) is 19.1 Å². The van der Waals surface area contributed by atoms with Crippen molar-refractivity contribution in [3.63, 3.8) is 0 Å². The lowest BCUT2D eigenvalue weighted by molar-refractivity contribution is -0.115. The molecule has 4 aromatic rings. The van der Waals surface area contributed by atoms with E-state index in [1.807, 2.05) is 24.3 Å². The molecule has 10 nitrogen and oxygen atoms in total. The highest BCUT2D eigenvalue weighted by Crippen LogP contribution is 2.26. The summed E-state index contributed by atoms with van der Waals surface area (Å²) in [5, 5.41) is 5.39. The third kappa shape index (κ3) is 8.54. The first kappa shape index (κ1) is 33.9. The van der Waals surface area contributed by atoms with E-state index in [4.69, 9.17) is 0 Å². The molecular formula is C38H41N5O5S. The molecule has 0 spiro atoms. The van der Waals surface area contributed by atoms with Crippen LogP contribution in [0.15, 0.2) is 108 Å². The molecule has 2 aliphatic rings. The minimum atomic E-state index is -4.08. The first-order valence-electron chi connectivity index (χ1n) is 16.8. The second-order valence-corrected chi connectivity index (χ2v) is 14.1. The highest BCUT2D eigenvalue weighted by atomic mass is 32.2. The minimum Gasteiger partial charge on any atom is -0.371 e. The maximum atomic E-state index is 13.2. The summed E-state index contributed by atoms with van der Waals surface area (Å²) in [4.78, 5) is 43.3. The van der Waals surface area contributed by atoms with Crippen LogP contribution in [-0.2, 0) is 14.8 Å². The van der Waals surface area contributed by atoms with Crippen molar-refractivity contribution >= 4 is 44.7 Å². The standard InChI is InChI=1S/C38H41N5O5S/c44-36(40-30-15-17-31(18-16-30)43-25-21-32(22-26-43)42-23-7-2-8-24-42)27-39-38(46)29-13-19-33(20-14-29)49(47,48)41-35-12-6-5-11-34(35)37(45)28-9-3-1-4-10-28/h1,3-6,9-20,32,41H,2,7-8,21-27H2,(H,39,46)(H,40,44). The molecule has 2 heterocycles. The molecule has 0 bridgehead atoms. The van der Waals surface area contributed by atoms with Crippen molar-refractivity contribution < 1.29 is 22.8 Å². The monoisotopic (exact) mass is 679 g/mol. The average molecular weight is 680 g/mol. The highest BCUT2D eigenvalue weighted by Gasteiger charge is 2.26. The van der Waals surface area contributed by atoms with E-state index in [9.17, 15) is 22.8 Å². The Morgan fingerprint density at radius 1 is 0.694 bits per heavy atom. The van der Waals surface area contributed by atoms with Crippen molar-refractivity contribution in [1.82, 2.24) is 10.2 Å². The SMILES string of the molecule is O=C(CNC(=O)c1ccc(S(=O)(=O)Nc2ccccc2C(=O)c2ccccc2)cc1)Nc1ccc(N2CCC(N3CCCCC3)CC2)cc1. The molecule has 2 amide bonds. The number of benzene rings is 4. The fourth-order valence-electron chi connectivity index (χ4n) is 6.50. The van der Waals surface area contributed by atoms with Gasteiger partial charge in [-0.05, 0) is 99.4 Å². The second kappa shape index (κ2) is 15.5. The van der Waals surface area contributed by atoms with Gasteiger partial charge in [-0.25, -0.2) is 8.42 Å². The Labute approximate surface area is 287 Å². The largest absolute Gasteiger partial charge is 0.371 e. The van der Waals surface area contributed by atoms with Gasteiger partial charge in [-0.15, -0.1) is 0 Å². The number of likely N-dealkylation sites (tertiary alicyclic amines) is 1. The van der Waals surface area contributed by atoms with Crippen molar-refractivity contribution in [2.45, 2.75) is 43.0 Å². The van der Waals surface area contributed by atoms with Gasteiger partial charge in [-0.2, -0.15) is 0 Å². The van der Waals surface area contributed by atoms with Gasteiger partial charge in [0.05, 0.1) is 17.1 Å². The summed E-state index contributed by atoms with van der Waals surface area (Å²) >= 11 is 0. The van der Waals surface area contributed by atoms with E-state index in [1.165, 1.54) is 75.5 Å². The molecule has 0 saturated carbocycles. The van der Waals surface area contributed by atoms with Crippen molar-refractivity contribution in [1.29, 1.82) is 0 Å². The van der Waals surface area contributed by atoms with Crippen molar-refractivity contribution in [2.24, 2.45) is 0 Å². The molecular weight excluding hydrogens is 639 g/mol. The van der Waals surface area contributed by atoms with Crippen LogP contribution in [0.4, 0.5) is 17.1 Å². The number of carbonyl (C=O) groups excluding carboxylic acids is 3. The predicted octanol–water partition coefficient (Wildman–Crippen LogP) is 5.54. The zero-order chi connectivity index (χ0) is 34.2. The molecule has 0 aromatic heterocycles. The first-order chi connectivity index (χ1) is 23.8.